The van der Waals surface area contributed by atoms with Crippen LogP contribution in [0.1, 0.15) is 35.6 Å². The van der Waals surface area contributed by atoms with E-state index >= 15 is 0 Å². The number of aromatic nitrogens is 2. The minimum Gasteiger partial charge on any atom is -0.454 e. The van der Waals surface area contributed by atoms with Crippen molar-refractivity contribution >= 4 is 26.2 Å². The fourth-order valence-electron chi connectivity index (χ4n) is 4.70. The van der Waals surface area contributed by atoms with Crippen LogP contribution < -0.4 is 15.0 Å². The molecule has 2 aromatic heterocycles. The molecule has 2 aliphatic heterocycles. The molecule has 5 rings (SSSR count). The maximum absolute atomic E-state index is 13.5. The third kappa shape index (κ3) is 3.19. The summed E-state index contributed by atoms with van der Waals surface area (Å²) in [6.45, 7) is 4.25. The Morgan fingerprint density at radius 2 is 2.15 bits per heavy atom. The predicted octanol–water partition coefficient (Wildman–Crippen LogP) is 2.93. The zero-order valence-corrected chi connectivity index (χ0v) is 19.4. The molecule has 2 aliphatic rings. The van der Waals surface area contributed by atoms with Crippen LogP contribution in [0.2, 0.25) is 0 Å². The Bertz CT molecular complexity index is 1350. The Morgan fingerprint density at radius 1 is 1.33 bits per heavy atom. The molecule has 0 spiro atoms. The number of methoxy groups -OCH3 is 1. The lowest BCUT2D eigenvalue weighted by molar-refractivity contribution is -0.122. The lowest BCUT2D eigenvalue weighted by Gasteiger charge is -2.28. The molecule has 2 atom stereocenters. The van der Waals surface area contributed by atoms with Gasteiger partial charge in [0.2, 0.25) is 6.79 Å². The van der Waals surface area contributed by atoms with Crippen LogP contribution in [0.15, 0.2) is 23.0 Å². The molecule has 0 saturated carbocycles. The average molecular weight is 470 g/mol. The quantitative estimate of drug-likeness (QED) is 0.324. The van der Waals surface area contributed by atoms with Crippen LogP contribution in [-0.2, 0) is 32.8 Å². The van der Waals surface area contributed by atoms with Crippen molar-refractivity contribution in [3.63, 3.8) is 0 Å². The van der Waals surface area contributed by atoms with E-state index in [1.54, 1.807) is 17.6 Å². The minimum absolute atomic E-state index is 0.00813. The van der Waals surface area contributed by atoms with E-state index in [1.165, 1.54) is 7.11 Å². The standard InChI is InChI=1S/C23H23N2O7P/c1-4-23(10-26,32-33-28)16-6-18-20-13(8-25(18)22(27)15(16)9-29-3)5-14-12(2)21-19(30-11-31-21)7-17(14)24-20/h5-7,10,28,33H,4,8-9,11H2,1-3H3/t23-/m1/s1. The molecule has 3 aromatic rings. The number of benzene rings is 1. The molecule has 33 heavy (non-hydrogen) atoms. The zero-order valence-electron chi connectivity index (χ0n) is 18.4. The molecule has 0 bridgehead atoms. The zero-order chi connectivity index (χ0) is 23.3. The van der Waals surface area contributed by atoms with Gasteiger partial charge in [0.1, 0.15) is 0 Å². The highest BCUT2D eigenvalue weighted by Crippen LogP contribution is 2.43. The summed E-state index contributed by atoms with van der Waals surface area (Å²) in [4.78, 5) is 40.0. The molecule has 0 amide bonds. The third-order valence-corrected chi connectivity index (χ3v) is 6.90. The molecule has 10 heteroatoms. The van der Waals surface area contributed by atoms with Gasteiger partial charge in [-0.15, -0.1) is 0 Å². The molecular formula is C23H23N2O7P. The number of pyridine rings is 2. The first kappa shape index (κ1) is 22.0. The van der Waals surface area contributed by atoms with E-state index in [-0.39, 0.29) is 25.4 Å². The SMILES string of the molecule is CC[C@](C=O)(OPO)c1cc2n(c(=O)c1COC)Cc1cc3c(C)c4c(cc3nc1-2)OCO4. The van der Waals surface area contributed by atoms with E-state index in [2.05, 4.69) is 0 Å². The van der Waals surface area contributed by atoms with Gasteiger partial charge in [0.15, 0.2) is 32.4 Å². The first-order valence-electron chi connectivity index (χ1n) is 10.5. The number of ether oxygens (including phenoxy) is 3. The largest absolute Gasteiger partial charge is 0.454 e. The lowest BCUT2D eigenvalue weighted by atomic mass is 9.89. The van der Waals surface area contributed by atoms with E-state index in [9.17, 15) is 14.5 Å². The maximum Gasteiger partial charge on any atom is 0.257 e. The molecule has 0 fully saturated rings. The fourth-order valence-corrected chi connectivity index (χ4v) is 5.17. The van der Waals surface area contributed by atoms with Crippen molar-refractivity contribution in [2.75, 3.05) is 13.9 Å². The Kier molecular flexibility index (Phi) is 5.45. The summed E-state index contributed by atoms with van der Waals surface area (Å²) in [6.07, 6.45) is 0.874. The summed E-state index contributed by atoms with van der Waals surface area (Å²) in [5.74, 6) is 1.35. The second kappa shape index (κ2) is 8.18. The summed E-state index contributed by atoms with van der Waals surface area (Å²) in [7, 11) is 0.569. The Balaban J connectivity index is 1.77. The van der Waals surface area contributed by atoms with Crippen molar-refractivity contribution in [1.29, 1.82) is 0 Å². The van der Waals surface area contributed by atoms with E-state index in [0.717, 1.165) is 22.0 Å². The van der Waals surface area contributed by atoms with Gasteiger partial charge >= 0.3 is 0 Å². The van der Waals surface area contributed by atoms with Crippen LogP contribution in [0.4, 0.5) is 0 Å². The molecule has 1 N–H and O–H groups in total. The Labute approximate surface area is 191 Å². The summed E-state index contributed by atoms with van der Waals surface area (Å²) in [6, 6.07) is 5.62. The first-order valence-corrected chi connectivity index (χ1v) is 11.4. The van der Waals surface area contributed by atoms with Gasteiger partial charge in [-0.2, -0.15) is 0 Å². The first-order chi connectivity index (χ1) is 16.0. The molecule has 1 aromatic carbocycles. The molecule has 4 heterocycles. The van der Waals surface area contributed by atoms with Crippen molar-refractivity contribution in [2.45, 2.75) is 39.0 Å². The van der Waals surface area contributed by atoms with Gasteiger partial charge in [-0.05, 0) is 25.5 Å². The summed E-state index contributed by atoms with van der Waals surface area (Å²) < 4.78 is 23.6. The smallest absolute Gasteiger partial charge is 0.257 e. The predicted molar refractivity (Wildman–Crippen MR) is 122 cm³/mol. The van der Waals surface area contributed by atoms with E-state index in [4.69, 9.17) is 23.7 Å². The van der Waals surface area contributed by atoms with Gasteiger partial charge in [-0.3, -0.25) is 9.59 Å². The number of fused-ring (bicyclic) bond motifs is 5. The Morgan fingerprint density at radius 3 is 2.85 bits per heavy atom. The number of nitrogens with zero attached hydrogens (tertiary/aromatic N) is 2. The second-order valence-corrected chi connectivity index (χ2v) is 8.49. The lowest BCUT2D eigenvalue weighted by Crippen LogP contribution is -2.35. The monoisotopic (exact) mass is 470 g/mol. The number of carbonyl (C=O) groups is 1. The number of hydrogen-bond acceptors (Lipinski definition) is 8. The molecule has 0 radical (unpaired) electrons. The number of aldehydes is 1. The molecule has 9 nitrogen and oxygen atoms in total. The van der Waals surface area contributed by atoms with E-state index in [0.29, 0.717) is 46.8 Å². The average Bonchev–Trinajstić information content (AvgIpc) is 3.43. The van der Waals surface area contributed by atoms with Crippen LogP contribution >= 0.6 is 9.03 Å². The Hall–Kier alpha value is -2.84. The normalized spacial score (nSPS) is 15.8. The summed E-state index contributed by atoms with van der Waals surface area (Å²) in [5.41, 5.74) is 2.77. The second-order valence-electron chi connectivity index (χ2n) is 8.10. The van der Waals surface area contributed by atoms with Crippen LogP contribution in [0.3, 0.4) is 0 Å². The fraction of sp³-hybridized carbons (Fsp3) is 0.348. The number of carbonyl (C=O) groups excluding carboxylic acids is 1. The van der Waals surface area contributed by atoms with Gasteiger partial charge in [0.25, 0.3) is 5.56 Å². The summed E-state index contributed by atoms with van der Waals surface area (Å²) >= 11 is 0. The highest BCUT2D eigenvalue weighted by Gasteiger charge is 2.37. The molecule has 0 aliphatic carbocycles. The van der Waals surface area contributed by atoms with Crippen LogP contribution in [0.25, 0.3) is 22.3 Å². The van der Waals surface area contributed by atoms with Gasteiger partial charge < -0.3 is 28.2 Å². The van der Waals surface area contributed by atoms with Gasteiger partial charge in [0.05, 0.1) is 30.1 Å². The molecular weight excluding hydrogens is 447 g/mol. The highest BCUT2D eigenvalue weighted by molar-refractivity contribution is 7.25. The van der Waals surface area contributed by atoms with Gasteiger partial charge in [0, 0.05) is 40.8 Å². The summed E-state index contributed by atoms with van der Waals surface area (Å²) in [5, 5.41) is 0.928. The van der Waals surface area contributed by atoms with E-state index < -0.39 is 14.6 Å². The molecule has 0 saturated heterocycles. The van der Waals surface area contributed by atoms with E-state index in [1.807, 2.05) is 19.1 Å². The molecule has 172 valence electrons. The number of hydrogen-bond donors (Lipinski definition) is 1. The van der Waals surface area contributed by atoms with Crippen molar-refractivity contribution in [3.8, 4) is 22.9 Å². The number of rotatable bonds is 7. The highest BCUT2D eigenvalue weighted by atomic mass is 31.1. The topological polar surface area (TPSA) is 109 Å². The van der Waals surface area contributed by atoms with Gasteiger partial charge in [-0.25, -0.2) is 4.98 Å². The van der Waals surface area contributed by atoms with Crippen molar-refractivity contribution < 1.29 is 28.4 Å². The van der Waals surface area contributed by atoms with Crippen molar-refractivity contribution in [1.82, 2.24) is 9.55 Å². The van der Waals surface area contributed by atoms with Crippen LogP contribution in [0, 0.1) is 6.92 Å². The third-order valence-electron chi connectivity index (χ3n) is 6.44. The maximum atomic E-state index is 13.5. The molecule has 1 unspecified atom stereocenters. The van der Waals surface area contributed by atoms with Crippen LogP contribution in [0.5, 0.6) is 11.5 Å². The van der Waals surface area contributed by atoms with Gasteiger partial charge in [-0.1, -0.05) is 6.92 Å². The minimum atomic E-state index is -1.46. The van der Waals surface area contributed by atoms with Crippen LogP contribution in [-0.4, -0.2) is 34.6 Å². The number of aryl methyl sites for hydroxylation is 1. The van der Waals surface area contributed by atoms with Crippen molar-refractivity contribution in [2.24, 2.45) is 0 Å². The van der Waals surface area contributed by atoms with Crippen molar-refractivity contribution in [3.05, 3.63) is 50.8 Å².